The zero-order chi connectivity index (χ0) is 24.8. The van der Waals surface area contributed by atoms with Crippen LogP contribution in [-0.4, -0.2) is 77.8 Å². The highest BCUT2D eigenvalue weighted by Gasteiger charge is 2.67. The first-order valence-electron chi connectivity index (χ1n) is 15.3. The van der Waals surface area contributed by atoms with Gasteiger partial charge in [-0.2, -0.15) is 0 Å². The van der Waals surface area contributed by atoms with E-state index in [0.29, 0.717) is 23.4 Å². The lowest BCUT2D eigenvalue weighted by Crippen LogP contribution is -2.58. The highest BCUT2D eigenvalue weighted by atomic mass is 16.5. The molecule has 4 nitrogen and oxygen atoms in total. The van der Waals surface area contributed by atoms with Gasteiger partial charge in [-0.05, 0) is 98.4 Å². The summed E-state index contributed by atoms with van der Waals surface area (Å²) < 4.78 is 7.60. The first-order chi connectivity index (χ1) is 18.0. The van der Waals surface area contributed by atoms with Crippen LogP contribution in [0.5, 0.6) is 0 Å². The number of hydrogen-bond donors (Lipinski definition) is 0. The fraction of sp³-hybridized carbons (Fsp3) is 0.697. The molecule has 4 aliphatic heterocycles. The molecule has 4 fully saturated rings. The fourth-order valence-electron chi connectivity index (χ4n) is 10.2. The van der Waals surface area contributed by atoms with Crippen molar-refractivity contribution in [3.63, 3.8) is 0 Å². The molecule has 4 heteroatoms. The van der Waals surface area contributed by atoms with Crippen molar-refractivity contribution in [1.82, 2.24) is 14.7 Å². The van der Waals surface area contributed by atoms with Crippen LogP contribution in [0.25, 0.3) is 0 Å². The van der Waals surface area contributed by atoms with Gasteiger partial charge in [0, 0.05) is 51.4 Å². The monoisotopic (exact) mass is 499 g/mol. The third-order valence-corrected chi connectivity index (χ3v) is 12.3. The van der Waals surface area contributed by atoms with Crippen LogP contribution in [0, 0.1) is 11.3 Å². The second-order valence-electron chi connectivity index (χ2n) is 13.9. The molecule has 1 unspecified atom stereocenters. The Bertz CT molecular complexity index is 1150. The second-order valence-corrected chi connectivity index (χ2v) is 13.9. The molecule has 2 spiro atoms. The Balaban J connectivity index is 1.07. The average molecular weight is 500 g/mol. The normalized spacial score (nSPS) is 43.9. The van der Waals surface area contributed by atoms with Gasteiger partial charge in [0.1, 0.15) is 0 Å². The number of likely N-dealkylation sites (N-methyl/N-ethyl adjacent to an activating group) is 1. The molecule has 1 aromatic rings. The summed E-state index contributed by atoms with van der Waals surface area (Å²) in [6.45, 7) is 9.88. The Kier molecular flexibility index (Phi) is 5.24. The smallest absolute Gasteiger partial charge is 0.0975 e. The molecule has 2 saturated carbocycles. The van der Waals surface area contributed by atoms with E-state index in [9.17, 15) is 0 Å². The number of benzene rings is 1. The third kappa shape index (κ3) is 3.35. The van der Waals surface area contributed by atoms with Gasteiger partial charge >= 0.3 is 0 Å². The summed E-state index contributed by atoms with van der Waals surface area (Å²) in [5.41, 5.74) is 6.65. The minimum Gasteiger partial charge on any atom is -0.359 e. The summed E-state index contributed by atoms with van der Waals surface area (Å²) in [4.78, 5) is 8.15. The largest absolute Gasteiger partial charge is 0.359 e. The lowest BCUT2D eigenvalue weighted by Gasteiger charge is -2.56. The van der Waals surface area contributed by atoms with Crippen LogP contribution in [0.3, 0.4) is 0 Å². The van der Waals surface area contributed by atoms with Crippen LogP contribution in [-0.2, 0) is 17.7 Å². The predicted molar refractivity (Wildman–Crippen MR) is 148 cm³/mol. The summed E-state index contributed by atoms with van der Waals surface area (Å²) in [6, 6.07) is 10.5. The third-order valence-electron chi connectivity index (χ3n) is 12.3. The van der Waals surface area contributed by atoms with E-state index < -0.39 is 0 Å². The molecule has 0 aromatic heterocycles. The molecule has 4 heterocycles. The molecule has 2 bridgehead atoms. The highest BCUT2D eigenvalue weighted by Crippen LogP contribution is 2.67. The van der Waals surface area contributed by atoms with Crippen LogP contribution in [0.1, 0.15) is 69.4 Å². The van der Waals surface area contributed by atoms with Gasteiger partial charge in [-0.15, -0.1) is 0 Å². The van der Waals surface area contributed by atoms with Crippen LogP contribution < -0.4 is 0 Å². The van der Waals surface area contributed by atoms with E-state index in [1.165, 1.54) is 90.5 Å². The molecule has 37 heavy (non-hydrogen) atoms. The molecule has 7 aliphatic rings. The van der Waals surface area contributed by atoms with Crippen molar-refractivity contribution in [2.75, 3.05) is 39.8 Å². The zero-order valence-electron chi connectivity index (χ0n) is 23.1. The van der Waals surface area contributed by atoms with Gasteiger partial charge in [0.05, 0.1) is 11.2 Å². The number of ether oxygens (including phenoxy) is 1. The van der Waals surface area contributed by atoms with Gasteiger partial charge in [0.25, 0.3) is 0 Å². The molecule has 0 amide bonds. The summed E-state index contributed by atoms with van der Waals surface area (Å²) in [5.74, 6) is 0.656. The number of hydrogen-bond acceptors (Lipinski definition) is 4. The van der Waals surface area contributed by atoms with Crippen molar-refractivity contribution < 1.29 is 4.74 Å². The number of rotatable bonds is 2. The molecule has 2 saturated heterocycles. The summed E-state index contributed by atoms with van der Waals surface area (Å²) >= 11 is 0. The number of allylic oxidation sites excluding steroid dienone is 1. The molecule has 0 N–H and O–H groups in total. The quantitative estimate of drug-likeness (QED) is 0.558. The molecular formula is C33H45N3O. The highest BCUT2D eigenvalue weighted by molar-refractivity contribution is 5.47. The molecule has 8 rings (SSSR count). The Morgan fingerprint density at radius 1 is 0.892 bits per heavy atom. The van der Waals surface area contributed by atoms with Gasteiger partial charge in [-0.1, -0.05) is 43.3 Å². The lowest BCUT2D eigenvalue weighted by atomic mass is 9.59. The Morgan fingerprint density at radius 3 is 2.59 bits per heavy atom. The predicted octanol–water partition coefficient (Wildman–Crippen LogP) is 5.19. The lowest BCUT2D eigenvalue weighted by molar-refractivity contribution is -0.146. The molecule has 6 atom stereocenters. The average Bonchev–Trinajstić information content (AvgIpc) is 3.43. The van der Waals surface area contributed by atoms with Gasteiger partial charge in [-0.3, -0.25) is 9.80 Å². The van der Waals surface area contributed by atoms with Crippen LogP contribution >= 0.6 is 0 Å². The minimum absolute atomic E-state index is 0.0179. The molecular weight excluding hydrogens is 454 g/mol. The van der Waals surface area contributed by atoms with E-state index in [2.05, 4.69) is 65.1 Å². The maximum absolute atomic E-state index is 7.60. The number of nitrogens with zero attached hydrogens (tertiary/aromatic N) is 3. The minimum atomic E-state index is -0.0249. The van der Waals surface area contributed by atoms with Crippen molar-refractivity contribution in [3.05, 3.63) is 58.7 Å². The Morgan fingerprint density at radius 2 is 1.73 bits per heavy atom. The number of piperazine rings is 1. The van der Waals surface area contributed by atoms with Crippen molar-refractivity contribution >= 4 is 0 Å². The van der Waals surface area contributed by atoms with Crippen LogP contribution in [0.2, 0.25) is 0 Å². The molecule has 198 valence electrons. The van der Waals surface area contributed by atoms with Crippen molar-refractivity contribution in [1.29, 1.82) is 0 Å². The van der Waals surface area contributed by atoms with Gasteiger partial charge in [0.15, 0.2) is 0 Å². The molecule has 1 aromatic carbocycles. The maximum atomic E-state index is 7.60. The van der Waals surface area contributed by atoms with Crippen LogP contribution in [0.15, 0.2) is 47.6 Å². The van der Waals surface area contributed by atoms with E-state index in [0.717, 1.165) is 6.54 Å². The van der Waals surface area contributed by atoms with Crippen molar-refractivity contribution in [2.24, 2.45) is 11.3 Å². The number of fused-ring (bicyclic) bond motifs is 2. The summed E-state index contributed by atoms with van der Waals surface area (Å²) in [6.07, 6.45) is 16.7. The van der Waals surface area contributed by atoms with E-state index in [1.807, 2.05) is 0 Å². The Labute approximate surface area is 223 Å². The van der Waals surface area contributed by atoms with Gasteiger partial charge in [0.2, 0.25) is 0 Å². The first-order valence-corrected chi connectivity index (χ1v) is 15.3. The fourth-order valence-corrected chi connectivity index (χ4v) is 10.2. The SMILES string of the molecule is CN1CCN([C@H]2CCC3=CC4=CC[C@]5(C)[C@@H](N6CCc7ccccc7C6)CC[C@H]5C45CC[C@]3(C2)O5)CC1. The van der Waals surface area contributed by atoms with E-state index >= 15 is 0 Å². The van der Waals surface area contributed by atoms with Crippen LogP contribution in [0.4, 0.5) is 0 Å². The van der Waals surface area contributed by atoms with E-state index in [-0.39, 0.29) is 11.2 Å². The summed E-state index contributed by atoms with van der Waals surface area (Å²) in [5, 5.41) is 0. The topological polar surface area (TPSA) is 19.0 Å². The van der Waals surface area contributed by atoms with Crippen molar-refractivity contribution in [3.8, 4) is 0 Å². The maximum Gasteiger partial charge on any atom is 0.0975 e. The Hall–Kier alpha value is -1.46. The zero-order valence-corrected chi connectivity index (χ0v) is 23.1. The van der Waals surface area contributed by atoms with Gasteiger partial charge < -0.3 is 9.64 Å². The van der Waals surface area contributed by atoms with Gasteiger partial charge in [-0.25, -0.2) is 0 Å². The van der Waals surface area contributed by atoms with E-state index in [4.69, 9.17) is 4.74 Å². The molecule has 0 radical (unpaired) electrons. The first kappa shape index (κ1) is 23.4. The second kappa shape index (κ2) is 8.27. The van der Waals surface area contributed by atoms with Crippen molar-refractivity contribution in [2.45, 2.75) is 94.5 Å². The standard InChI is InChI=1S/C33H45N3O/c1-31-13-11-27-21-26-7-8-28(35-19-17-34(2)18-20-35)22-32(26)14-15-33(27,37-32)29(31)9-10-30(31)36-16-12-24-5-3-4-6-25(24)23-36/h3-6,11,21,28-30H,7-10,12-20,22-23H2,1-2H3/t28-,29+,30-,31-,32+,33?/m0/s1. The summed E-state index contributed by atoms with van der Waals surface area (Å²) in [7, 11) is 2.27. The molecule has 3 aliphatic carbocycles. The van der Waals surface area contributed by atoms with E-state index in [1.54, 1.807) is 22.3 Å².